The number of carbonyl (C=O) groups excluding carboxylic acids is 2. The molecule has 284 valence electrons. The Morgan fingerprint density at radius 2 is 1.14 bits per heavy atom. The molecule has 2 N–H and O–H groups in total. The van der Waals surface area contributed by atoms with E-state index in [-0.39, 0.29) is 37.7 Å². The van der Waals surface area contributed by atoms with Gasteiger partial charge in [0.05, 0.1) is 12.7 Å². The van der Waals surface area contributed by atoms with Crippen molar-refractivity contribution in [2.75, 3.05) is 13.2 Å². The molecule has 0 aromatic rings. The first kappa shape index (κ1) is 46.8. The van der Waals surface area contributed by atoms with Gasteiger partial charge in [0.1, 0.15) is 6.61 Å². The molecule has 0 amide bonds. The van der Waals surface area contributed by atoms with Crippen LogP contribution in [0.1, 0.15) is 181 Å². The quantitative estimate of drug-likeness (QED) is 0.0298. The third-order valence-corrected chi connectivity index (χ3v) is 8.66. The molecule has 0 bridgehead atoms. The zero-order valence-electron chi connectivity index (χ0n) is 32.0. The third kappa shape index (κ3) is 36.9. The SMILES string of the molecule is CCCCC[C@H](O)/C=C/C=C\C/C=C\C/C=C\CCCC(=O)O[C@@H](CO)COC(=O)CCCCCCCCCCCCCCCCC(C)C. The highest BCUT2D eigenvalue weighted by molar-refractivity contribution is 5.70. The zero-order valence-corrected chi connectivity index (χ0v) is 32.0. The summed E-state index contributed by atoms with van der Waals surface area (Å²) in [4.78, 5) is 24.2. The van der Waals surface area contributed by atoms with E-state index in [1.807, 2.05) is 18.2 Å². The maximum atomic E-state index is 12.1. The highest BCUT2D eigenvalue weighted by Crippen LogP contribution is 2.15. The number of allylic oxidation sites excluding steroid dienone is 7. The standard InChI is InChI=1S/C43H76O6/c1-4-5-27-33-40(45)34-29-24-20-16-12-10-14-18-22-26-31-36-43(47)49-41(37-44)38-48-42(46)35-30-25-21-17-13-9-7-6-8-11-15-19-23-28-32-39(2)3/h10,12,18,20,22,24,29,34,39-41,44-45H,4-9,11,13-17,19,21,23,25-28,30-33,35-38H2,1-3H3/b12-10-,22-18-,24-20-,34-29+/t40-,41-/m0/s1. The third-order valence-electron chi connectivity index (χ3n) is 8.66. The maximum absolute atomic E-state index is 12.1. The van der Waals surface area contributed by atoms with Crippen LogP contribution in [-0.2, 0) is 19.1 Å². The molecule has 0 heterocycles. The molecule has 6 heteroatoms. The number of esters is 2. The number of ether oxygens (including phenoxy) is 2. The molecule has 0 saturated heterocycles. The largest absolute Gasteiger partial charge is 0.462 e. The Morgan fingerprint density at radius 1 is 0.612 bits per heavy atom. The topological polar surface area (TPSA) is 93.1 Å². The molecule has 0 fully saturated rings. The van der Waals surface area contributed by atoms with Crippen LogP contribution in [-0.4, -0.2) is 47.6 Å². The number of hydrogen-bond donors (Lipinski definition) is 2. The highest BCUT2D eigenvalue weighted by Gasteiger charge is 2.16. The number of aliphatic hydroxyl groups excluding tert-OH is 2. The van der Waals surface area contributed by atoms with Gasteiger partial charge in [0.25, 0.3) is 0 Å². The van der Waals surface area contributed by atoms with Gasteiger partial charge in [0.15, 0.2) is 6.10 Å². The highest BCUT2D eigenvalue weighted by atomic mass is 16.6. The van der Waals surface area contributed by atoms with Gasteiger partial charge in [-0.2, -0.15) is 0 Å². The van der Waals surface area contributed by atoms with Crippen molar-refractivity contribution in [3.8, 4) is 0 Å². The number of hydrogen-bond acceptors (Lipinski definition) is 6. The summed E-state index contributed by atoms with van der Waals surface area (Å²) in [7, 11) is 0. The van der Waals surface area contributed by atoms with Gasteiger partial charge >= 0.3 is 11.9 Å². The molecule has 49 heavy (non-hydrogen) atoms. The fourth-order valence-electron chi connectivity index (χ4n) is 5.55. The molecule has 0 radical (unpaired) electrons. The molecule has 0 aromatic carbocycles. The van der Waals surface area contributed by atoms with Gasteiger partial charge in [-0.3, -0.25) is 9.59 Å². The molecular formula is C43H76O6. The van der Waals surface area contributed by atoms with E-state index in [2.05, 4.69) is 51.2 Å². The van der Waals surface area contributed by atoms with Crippen LogP contribution in [0.2, 0.25) is 0 Å². The average Bonchev–Trinajstić information content (AvgIpc) is 3.08. The summed E-state index contributed by atoms with van der Waals surface area (Å²) in [5.74, 6) is 0.163. The van der Waals surface area contributed by atoms with Crippen LogP contribution in [0, 0.1) is 5.92 Å². The minimum Gasteiger partial charge on any atom is -0.462 e. The fourth-order valence-corrected chi connectivity index (χ4v) is 5.55. The van der Waals surface area contributed by atoms with Crippen molar-refractivity contribution in [1.29, 1.82) is 0 Å². The smallest absolute Gasteiger partial charge is 0.306 e. The molecule has 2 atom stereocenters. The minimum absolute atomic E-state index is 0.0993. The monoisotopic (exact) mass is 689 g/mol. The predicted octanol–water partition coefficient (Wildman–Crippen LogP) is 11.4. The predicted molar refractivity (Wildman–Crippen MR) is 206 cm³/mol. The molecule has 0 saturated carbocycles. The van der Waals surface area contributed by atoms with Gasteiger partial charge in [0, 0.05) is 12.8 Å². The number of unbranched alkanes of at least 4 members (excludes halogenated alkanes) is 16. The Kier molecular flexibility index (Phi) is 35.4. The Balaban J connectivity index is 3.68. The fraction of sp³-hybridized carbons (Fsp3) is 0.767. The lowest BCUT2D eigenvalue weighted by atomic mass is 10.0. The molecule has 0 unspecified atom stereocenters. The second kappa shape index (κ2) is 37.1. The summed E-state index contributed by atoms with van der Waals surface area (Å²) >= 11 is 0. The van der Waals surface area contributed by atoms with Gasteiger partial charge < -0.3 is 19.7 Å². The maximum Gasteiger partial charge on any atom is 0.306 e. The van der Waals surface area contributed by atoms with Crippen molar-refractivity contribution in [3.63, 3.8) is 0 Å². The lowest BCUT2D eigenvalue weighted by molar-refractivity contribution is -0.161. The second-order valence-electron chi connectivity index (χ2n) is 14.0. The van der Waals surface area contributed by atoms with Gasteiger partial charge in [-0.15, -0.1) is 0 Å². The van der Waals surface area contributed by atoms with Crippen molar-refractivity contribution in [1.82, 2.24) is 0 Å². The molecule has 0 aliphatic carbocycles. The van der Waals surface area contributed by atoms with Crippen molar-refractivity contribution >= 4 is 11.9 Å². The van der Waals surface area contributed by atoms with Crippen molar-refractivity contribution in [2.24, 2.45) is 5.92 Å². The lowest BCUT2D eigenvalue weighted by Gasteiger charge is -2.15. The lowest BCUT2D eigenvalue weighted by Crippen LogP contribution is -2.28. The Hall–Kier alpha value is -2.18. The molecule has 6 nitrogen and oxygen atoms in total. The number of carbonyl (C=O) groups is 2. The van der Waals surface area contributed by atoms with Crippen LogP contribution < -0.4 is 0 Å². The van der Waals surface area contributed by atoms with Crippen LogP contribution in [0.4, 0.5) is 0 Å². The summed E-state index contributed by atoms with van der Waals surface area (Å²) < 4.78 is 10.6. The Labute approximate surface area is 301 Å². The van der Waals surface area contributed by atoms with Crippen LogP contribution in [0.5, 0.6) is 0 Å². The van der Waals surface area contributed by atoms with Gasteiger partial charge in [-0.1, -0.05) is 179 Å². The summed E-state index contributed by atoms with van der Waals surface area (Å²) in [5, 5.41) is 19.4. The summed E-state index contributed by atoms with van der Waals surface area (Å²) in [6.07, 6.45) is 42.2. The van der Waals surface area contributed by atoms with Crippen LogP contribution in [0.25, 0.3) is 0 Å². The summed E-state index contributed by atoms with van der Waals surface area (Å²) in [5.41, 5.74) is 0. The van der Waals surface area contributed by atoms with Gasteiger partial charge in [-0.25, -0.2) is 0 Å². The summed E-state index contributed by atoms with van der Waals surface area (Å²) in [6, 6.07) is 0. The first-order valence-electron chi connectivity index (χ1n) is 20.2. The van der Waals surface area contributed by atoms with Crippen LogP contribution in [0.3, 0.4) is 0 Å². The van der Waals surface area contributed by atoms with E-state index >= 15 is 0 Å². The van der Waals surface area contributed by atoms with Crippen molar-refractivity contribution < 1.29 is 29.3 Å². The van der Waals surface area contributed by atoms with E-state index < -0.39 is 6.10 Å². The number of aliphatic hydroxyl groups is 2. The van der Waals surface area contributed by atoms with Crippen LogP contribution >= 0.6 is 0 Å². The molecule has 0 aliphatic rings. The van der Waals surface area contributed by atoms with E-state index in [1.54, 1.807) is 0 Å². The molecule has 0 rings (SSSR count). The molecule has 0 aliphatic heterocycles. The molecule has 0 spiro atoms. The Morgan fingerprint density at radius 3 is 1.73 bits per heavy atom. The minimum atomic E-state index is -0.813. The van der Waals surface area contributed by atoms with E-state index in [0.29, 0.717) is 12.8 Å². The average molecular weight is 689 g/mol. The van der Waals surface area contributed by atoms with E-state index in [4.69, 9.17) is 9.47 Å². The molecular weight excluding hydrogens is 612 g/mol. The van der Waals surface area contributed by atoms with E-state index in [9.17, 15) is 19.8 Å². The van der Waals surface area contributed by atoms with Crippen molar-refractivity contribution in [2.45, 2.75) is 193 Å². The first-order chi connectivity index (χ1) is 23.9. The number of rotatable bonds is 35. The van der Waals surface area contributed by atoms with Crippen molar-refractivity contribution in [3.05, 3.63) is 48.6 Å². The first-order valence-corrected chi connectivity index (χ1v) is 20.2. The Bertz CT molecular complexity index is 858. The van der Waals surface area contributed by atoms with E-state index in [0.717, 1.165) is 63.7 Å². The van der Waals surface area contributed by atoms with Gasteiger partial charge in [-0.05, 0) is 44.4 Å². The second-order valence-corrected chi connectivity index (χ2v) is 14.0. The van der Waals surface area contributed by atoms with Crippen LogP contribution in [0.15, 0.2) is 48.6 Å². The normalized spacial score (nSPS) is 13.4. The zero-order chi connectivity index (χ0) is 36.0. The van der Waals surface area contributed by atoms with E-state index in [1.165, 1.54) is 83.5 Å². The molecule has 0 aromatic heterocycles. The van der Waals surface area contributed by atoms with Gasteiger partial charge in [0.2, 0.25) is 0 Å². The summed E-state index contributed by atoms with van der Waals surface area (Å²) in [6.45, 7) is 6.32.